The highest BCUT2D eigenvalue weighted by Crippen LogP contribution is 2.33. The summed E-state index contributed by atoms with van der Waals surface area (Å²) in [5.74, 6) is 0.883. The third kappa shape index (κ3) is 3.32. The van der Waals surface area contributed by atoms with Gasteiger partial charge in [0, 0.05) is 12.1 Å². The molecule has 0 atom stereocenters. The highest BCUT2D eigenvalue weighted by atomic mass is 16.3. The summed E-state index contributed by atoms with van der Waals surface area (Å²) in [4.78, 5) is 14.7. The summed E-state index contributed by atoms with van der Waals surface area (Å²) >= 11 is 0. The number of carbonyl (C=O) groups is 1. The molecule has 0 spiro atoms. The summed E-state index contributed by atoms with van der Waals surface area (Å²) in [6.07, 6.45) is 6.21. The van der Waals surface area contributed by atoms with Gasteiger partial charge in [0.05, 0.1) is 19.4 Å². The van der Waals surface area contributed by atoms with Crippen LogP contribution >= 0.6 is 0 Å². The average Bonchev–Trinajstić information content (AvgIpc) is 3.10. The Morgan fingerprint density at radius 3 is 2.43 bits per heavy atom. The van der Waals surface area contributed by atoms with Gasteiger partial charge in [0.25, 0.3) is 0 Å². The van der Waals surface area contributed by atoms with E-state index >= 15 is 0 Å². The Kier molecular flexibility index (Phi) is 3.92. The van der Waals surface area contributed by atoms with Gasteiger partial charge in [0.2, 0.25) is 5.91 Å². The van der Waals surface area contributed by atoms with Gasteiger partial charge >= 0.3 is 0 Å². The second-order valence-corrected chi connectivity index (χ2v) is 6.59. The molecule has 4 heteroatoms. The van der Waals surface area contributed by atoms with E-state index in [1.807, 2.05) is 12.1 Å². The van der Waals surface area contributed by atoms with E-state index in [1.54, 1.807) is 6.26 Å². The van der Waals surface area contributed by atoms with Crippen LogP contribution in [0.15, 0.2) is 47.1 Å². The molecule has 4 rings (SSSR count). The Morgan fingerprint density at radius 2 is 1.83 bits per heavy atom. The molecule has 120 valence electrons. The fraction of sp³-hybridized carbons (Fsp3) is 0.421. The molecule has 2 aromatic rings. The van der Waals surface area contributed by atoms with E-state index in [4.69, 9.17) is 4.42 Å². The molecular formula is C19H22N2O2. The first kappa shape index (κ1) is 14.5. The van der Waals surface area contributed by atoms with Crippen molar-refractivity contribution >= 4 is 5.91 Å². The van der Waals surface area contributed by atoms with E-state index in [1.165, 1.54) is 24.0 Å². The molecule has 2 aliphatic carbocycles. The molecule has 1 heterocycles. The summed E-state index contributed by atoms with van der Waals surface area (Å²) in [7, 11) is 0. The van der Waals surface area contributed by atoms with Crippen LogP contribution in [-0.4, -0.2) is 29.4 Å². The Bertz CT molecular complexity index is 651. The second-order valence-electron chi connectivity index (χ2n) is 6.59. The van der Waals surface area contributed by atoms with Crippen LogP contribution in [0.1, 0.15) is 29.7 Å². The lowest BCUT2D eigenvalue weighted by Gasteiger charge is -2.28. The summed E-state index contributed by atoms with van der Waals surface area (Å²) in [6.45, 7) is 0.958. The number of benzene rings is 1. The van der Waals surface area contributed by atoms with E-state index in [0.717, 1.165) is 18.6 Å². The number of nitrogens with zero attached hydrogens (tertiary/aromatic N) is 1. The van der Waals surface area contributed by atoms with Crippen LogP contribution in [-0.2, 0) is 24.2 Å². The summed E-state index contributed by atoms with van der Waals surface area (Å²) < 4.78 is 5.26. The van der Waals surface area contributed by atoms with Gasteiger partial charge in [0.15, 0.2) is 0 Å². The molecule has 1 saturated carbocycles. The Balaban J connectivity index is 1.36. The first-order valence-corrected chi connectivity index (χ1v) is 8.41. The van der Waals surface area contributed by atoms with Gasteiger partial charge in [-0.05, 0) is 48.9 Å². The van der Waals surface area contributed by atoms with Gasteiger partial charge in [-0.1, -0.05) is 24.3 Å². The zero-order valence-corrected chi connectivity index (χ0v) is 13.2. The van der Waals surface area contributed by atoms with E-state index in [2.05, 4.69) is 34.5 Å². The van der Waals surface area contributed by atoms with Gasteiger partial charge in [-0.2, -0.15) is 0 Å². The minimum absolute atomic E-state index is 0.0873. The Hall–Kier alpha value is -2.07. The van der Waals surface area contributed by atoms with Crippen molar-refractivity contribution in [2.75, 3.05) is 6.54 Å². The third-order valence-electron chi connectivity index (χ3n) is 4.88. The quantitative estimate of drug-likeness (QED) is 0.892. The molecule has 1 aromatic carbocycles. The maximum absolute atomic E-state index is 12.3. The zero-order valence-electron chi connectivity index (χ0n) is 13.2. The summed E-state index contributed by atoms with van der Waals surface area (Å²) in [5, 5.41) is 2.97. The standard InChI is InChI=1S/C19H22N2O2/c22-19(20-12-18-6-3-9-23-18)13-21(16-7-8-16)17-10-14-4-1-2-5-15(14)11-17/h1-6,9,16-17H,7-8,10-13H2,(H,20,22). The molecule has 0 unspecified atom stereocenters. The predicted octanol–water partition coefficient (Wildman–Crippen LogP) is 2.53. The lowest BCUT2D eigenvalue weighted by Crippen LogP contribution is -2.44. The van der Waals surface area contributed by atoms with Crippen molar-refractivity contribution in [3.8, 4) is 0 Å². The number of amides is 1. The third-order valence-corrected chi connectivity index (χ3v) is 4.88. The topological polar surface area (TPSA) is 45.5 Å². The minimum Gasteiger partial charge on any atom is -0.467 e. The van der Waals surface area contributed by atoms with Gasteiger partial charge < -0.3 is 9.73 Å². The first-order valence-electron chi connectivity index (χ1n) is 8.41. The van der Waals surface area contributed by atoms with E-state index < -0.39 is 0 Å². The molecule has 0 radical (unpaired) electrons. The van der Waals surface area contributed by atoms with E-state index in [-0.39, 0.29) is 5.91 Å². The number of carbonyl (C=O) groups excluding carboxylic acids is 1. The van der Waals surface area contributed by atoms with Crippen LogP contribution in [0, 0.1) is 0 Å². The summed E-state index contributed by atoms with van der Waals surface area (Å²) in [5.41, 5.74) is 2.89. The van der Waals surface area contributed by atoms with Gasteiger partial charge in [-0.3, -0.25) is 9.69 Å². The van der Waals surface area contributed by atoms with Crippen LogP contribution < -0.4 is 5.32 Å². The van der Waals surface area contributed by atoms with Gasteiger partial charge in [-0.15, -0.1) is 0 Å². The van der Waals surface area contributed by atoms with Crippen molar-refractivity contribution in [3.05, 3.63) is 59.5 Å². The monoisotopic (exact) mass is 310 g/mol. The zero-order chi connectivity index (χ0) is 15.6. The number of hydrogen-bond donors (Lipinski definition) is 1. The van der Waals surface area contributed by atoms with Crippen molar-refractivity contribution in [2.45, 2.75) is 44.3 Å². The Labute approximate surface area is 136 Å². The van der Waals surface area contributed by atoms with Crippen molar-refractivity contribution < 1.29 is 9.21 Å². The van der Waals surface area contributed by atoms with E-state index in [9.17, 15) is 4.79 Å². The smallest absolute Gasteiger partial charge is 0.234 e. The number of furan rings is 1. The van der Waals surface area contributed by atoms with Crippen molar-refractivity contribution in [3.63, 3.8) is 0 Å². The van der Waals surface area contributed by atoms with Crippen molar-refractivity contribution in [1.82, 2.24) is 10.2 Å². The van der Waals surface area contributed by atoms with Gasteiger partial charge in [0.1, 0.15) is 5.76 Å². The fourth-order valence-corrected chi connectivity index (χ4v) is 3.55. The van der Waals surface area contributed by atoms with Gasteiger partial charge in [-0.25, -0.2) is 0 Å². The van der Waals surface area contributed by atoms with Crippen LogP contribution in [0.3, 0.4) is 0 Å². The molecular weight excluding hydrogens is 288 g/mol. The number of nitrogens with one attached hydrogen (secondary N) is 1. The Morgan fingerprint density at radius 1 is 1.09 bits per heavy atom. The van der Waals surface area contributed by atoms with Crippen LogP contribution in [0.25, 0.3) is 0 Å². The number of rotatable bonds is 6. The highest BCUT2D eigenvalue weighted by molar-refractivity contribution is 5.78. The van der Waals surface area contributed by atoms with Crippen molar-refractivity contribution in [2.24, 2.45) is 0 Å². The maximum atomic E-state index is 12.3. The molecule has 0 aliphatic heterocycles. The van der Waals surface area contributed by atoms with Crippen LogP contribution in [0.5, 0.6) is 0 Å². The lowest BCUT2D eigenvalue weighted by molar-refractivity contribution is -0.123. The average molecular weight is 310 g/mol. The number of fused-ring (bicyclic) bond motifs is 1. The van der Waals surface area contributed by atoms with Crippen molar-refractivity contribution in [1.29, 1.82) is 0 Å². The van der Waals surface area contributed by atoms with E-state index in [0.29, 0.717) is 25.2 Å². The molecule has 23 heavy (non-hydrogen) atoms. The molecule has 0 saturated heterocycles. The molecule has 1 aromatic heterocycles. The van der Waals surface area contributed by atoms with Crippen LogP contribution in [0.2, 0.25) is 0 Å². The number of hydrogen-bond acceptors (Lipinski definition) is 3. The van der Waals surface area contributed by atoms with Crippen LogP contribution in [0.4, 0.5) is 0 Å². The second kappa shape index (κ2) is 6.20. The molecule has 2 aliphatic rings. The molecule has 1 amide bonds. The minimum atomic E-state index is 0.0873. The first-order chi connectivity index (χ1) is 11.3. The molecule has 4 nitrogen and oxygen atoms in total. The molecule has 0 bridgehead atoms. The largest absolute Gasteiger partial charge is 0.467 e. The SMILES string of the molecule is O=C(CN(C1CC1)C1Cc2ccccc2C1)NCc1ccco1. The predicted molar refractivity (Wildman–Crippen MR) is 87.9 cm³/mol. The fourth-order valence-electron chi connectivity index (χ4n) is 3.55. The lowest BCUT2D eigenvalue weighted by atomic mass is 10.1. The molecule has 1 fully saturated rings. The normalized spacial score (nSPS) is 17.4. The molecule has 1 N–H and O–H groups in total. The highest BCUT2D eigenvalue weighted by Gasteiger charge is 2.37. The maximum Gasteiger partial charge on any atom is 0.234 e. The summed E-state index contributed by atoms with van der Waals surface area (Å²) in [6, 6.07) is 13.4.